The van der Waals surface area contributed by atoms with Crippen LogP contribution in [0.2, 0.25) is 0 Å². The van der Waals surface area contributed by atoms with Crippen LogP contribution in [0.15, 0.2) is 36.5 Å². The van der Waals surface area contributed by atoms with Crippen LogP contribution in [0, 0.1) is 0 Å². The standard InChI is InChI=1S/C18H22N4O4/c1-25-15-7-6-13(17(20-15)26-2)16(18(23)24)22-11-9-21(10-12-22)14-5-3-4-8-19-14/h3-8,16H,9-12H2,1-2H3,(H,23,24)/t16-/m0/s1. The van der Waals surface area contributed by atoms with Crippen LogP contribution in [-0.2, 0) is 4.79 Å². The number of anilines is 1. The number of hydrogen-bond acceptors (Lipinski definition) is 7. The van der Waals surface area contributed by atoms with Crippen LogP contribution in [0.5, 0.6) is 11.8 Å². The van der Waals surface area contributed by atoms with E-state index >= 15 is 0 Å². The summed E-state index contributed by atoms with van der Waals surface area (Å²) in [5.41, 5.74) is 0.520. The van der Waals surface area contributed by atoms with Gasteiger partial charge in [0.05, 0.1) is 14.2 Å². The first kappa shape index (κ1) is 17.9. The lowest BCUT2D eigenvalue weighted by Crippen LogP contribution is -2.49. The van der Waals surface area contributed by atoms with E-state index in [1.165, 1.54) is 14.2 Å². The molecular formula is C18H22N4O4. The van der Waals surface area contributed by atoms with Crippen molar-refractivity contribution in [1.29, 1.82) is 0 Å². The van der Waals surface area contributed by atoms with Gasteiger partial charge in [-0.05, 0) is 18.2 Å². The van der Waals surface area contributed by atoms with Crippen LogP contribution in [0.3, 0.4) is 0 Å². The van der Waals surface area contributed by atoms with Gasteiger partial charge in [-0.3, -0.25) is 9.69 Å². The Kier molecular flexibility index (Phi) is 5.52. The van der Waals surface area contributed by atoms with Gasteiger partial charge in [0.2, 0.25) is 11.8 Å². The van der Waals surface area contributed by atoms with E-state index in [0.29, 0.717) is 37.6 Å². The van der Waals surface area contributed by atoms with Crippen molar-refractivity contribution in [3.8, 4) is 11.8 Å². The molecule has 0 spiro atoms. The lowest BCUT2D eigenvalue weighted by atomic mass is 10.1. The first-order chi connectivity index (χ1) is 12.6. The average molecular weight is 358 g/mol. The number of carboxylic acids is 1. The van der Waals surface area contributed by atoms with Crippen LogP contribution in [-0.4, -0.2) is 66.3 Å². The van der Waals surface area contributed by atoms with Crippen LogP contribution < -0.4 is 14.4 Å². The number of piperazine rings is 1. The van der Waals surface area contributed by atoms with Crippen molar-refractivity contribution in [2.45, 2.75) is 6.04 Å². The molecule has 1 aliphatic rings. The molecule has 0 saturated carbocycles. The Balaban J connectivity index is 1.79. The number of nitrogens with zero attached hydrogens (tertiary/aromatic N) is 4. The zero-order chi connectivity index (χ0) is 18.5. The summed E-state index contributed by atoms with van der Waals surface area (Å²) < 4.78 is 10.4. The lowest BCUT2D eigenvalue weighted by Gasteiger charge is -2.38. The molecule has 3 rings (SSSR count). The number of carbonyl (C=O) groups is 1. The first-order valence-corrected chi connectivity index (χ1v) is 8.35. The summed E-state index contributed by atoms with van der Waals surface area (Å²) in [6.07, 6.45) is 1.76. The second-order valence-corrected chi connectivity index (χ2v) is 5.90. The number of aliphatic carboxylic acids is 1. The zero-order valence-corrected chi connectivity index (χ0v) is 14.8. The number of carboxylic acid groups (broad SMARTS) is 1. The van der Waals surface area contributed by atoms with Crippen molar-refractivity contribution >= 4 is 11.8 Å². The molecule has 138 valence electrons. The summed E-state index contributed by atoms with van der Waals surface area (Å²) >= 11 is 0. The van der Waals surface area contributed by atoms with Crippen LogP contribution >= 0.6 is 0 Å². The molecule has 0 aromatic carbocycles. The normalized spacial score (nSPS) is 16.2. The van der Waals surface area contributed by atoms with E-state index in [1.807, 2.05) is 23.1 Å². The molecule has 3 heterocycles. The Bertz CT molecular complexity index is 748. The molecule has 0 radical (unpaired) electrons. The van der Waals surface area contributed by atoms with E-state index < -0.39 is 12.0 Å². The molecule has 0 bridgehead atoms. The maximum Gasteiger partial charge on any atom is 0.325 e. The van der Waals surface area contributed by atoms with Gasteiger partial charge in [-0.15, -0.1) is 0 Å². The van der Waals surface area contributed by atoms with E-state index in [0.717, 1.165) is 5.82 Å². The van der Waals surface area contributed by atoms with Crippen molar-refractivity contribution in [2.75, 3.05) is 45.3 Å². The van der Waals surface area contributed by atoms with E-state index in [-0.39, 0.29) is 5.88 Å². The van der Waals surface area contributed by atoms with Crippen LogP contribution in [0.1, 0.15) is 11.6 Å². The van der Waals surface area contributed by atoms with Gasteiger partial charge in [-0.1, -0.05) is 6.07 Å². The monoisotopic (exact) mass is 358 g/mol. The van der Waals surface area contributed by atoms with Crippen molar-refractivity contribution in [2.24, 2.45) is 0 Å². The van der Waals surface area contributed by atoms with Gasteiger partial charge < -0.3 is 19.5 Å². The molecular weight excluding hydrogens is 336 g/mol. The first-order valence-electron chi connectivity index (χ1n) is 8.35. The molecule has 8 nitrogen and oxygen atoms in total. The second kappa shape index (κ2) is 8.01. The average Bonchev–Trinajstić information content (AvgIpc) is 2.69. The quantitative estimate of drug-likeness (QED) is 0.830. The summed E-state index contributed by atoms with van der Waals surface area (Å²) in [4.78, 5) is 24.6. The van der Waals surface area contributed by atoms with Gasteiger partial charge in [0, 0.05) is 44.0 Å². The molecule has 8 heteroatoms. The predicted molar refractivity (Wildman–Crippen MR) is 95.7 cm³/mol. The summed E-state index contributed by atoms with van der Waals surface area (Å²) in [6.45, 7) is 2.60. The van der Waals surface area contributed by atoms with Crippen LogP contribution in [0.25, 0.3) is 0 Å². The Hall–Kier alpha value is -2.87. The maximum atomic E-state index is 12.0. The summed E-state index contributed by atoms with van der Waals surface area (Å²) in [5, 5.41) is 9.83. The van der Waals surface area contributed by atoms with Gasteiger partial charge in [-0.2, -0.15) is 4.98 Å². The van der Waals surface area contributed by atoms with Crippen molar-refractivity contribution in [3.05, 3.63) is 42.1 Å². The number of hydrogen-bond donors (Lipinski definition) is 1. The highest BCUT2D eigenvalue weighted by Gasteiger charge is 2.33. The van der Waals surface area contributed by atoms with Gasteiger partial charge >= 0.3 is 5.97 Å². The minimum absolute atomic E-state index is 0.268. The Morgan fingerprint density at radius 2 is 1.88 bits per heavy atom. The molecule has 0 aliphatic carbocycles. The van der Waals surface area contributed by atoms with E-state index in [1.54, 1.807) is 18.3 Å². The third kappa shape index (κ3) is 3.70. The lowest BCUT2D eigenvalue weighted by molar-refractivity contribution is -0.143. The molecule has 1 atom stereocenters. The summed E-state index contributed by atoms with van der Waals surface area (Å²) in [7, 11) is 2.98. The summed E-state index contributed by atoms with van der Waals surface area (Å²) in [5.74, 6) is 0.628. The molecule has 0 unspecified atom stereocenters. The molecule has 1 saturated heterocycles. The smallest absolute Gasteiger partial charge is 0.325 e. The highest BCUT2D eigenvalue weighted by Crippen LogP contribution is 2.31. The third-order valence-corrected chi connectivity index (χ3v) is 4.45. The second-order valence-electron chi connectivity index (χ2n) is 5.90. The summed E-state index contributed by atoms with van der Waals surface area (Å²) in [6, 6.07) is 8.31. The minimum Gasteiger partial charge on any atom is -0.481 e. The number of ether oxygens (including phenoxy) is 2. The van der Waals surface area contributed by atoms with Crippen molar-refractivity contribution in [1.82, 2.24) is 14.9 Å². The van der Waals surface area contributed by atoms with Gasteiger partial charge in [0.25, 0.3) is 0 Å². The molecule has 26 heavy (non-hydrogen) atoms. The Morgan fingerprint density at radius 1 is 1.12 bits per heavy atom. The fourth-order valence-electron chi connectivity index (χ4n) is 3.16. The molecule has 1 fully saturated rings. The number of methoxy groups -OCH3 is 2. The molecule has 1 aliphatic heterocycles. The SMILES string of the molecule is COc1ccc([C@@H](C(=O)O)N2CCN(c3ccccn3)CC2)c(OC)n1. The van der Waals surface area contributed by atoms with Crippen LogP contribution in [0.4, 0.5) is 5.82 Å². The highest BCUT2D eigenvalue weighted by molar-refractivity contribution is 5.76. The highest BCUT2D eigenvalue weighted by atomic mass is 16.5. The van der Waals surface area contributed by atoms with E-state index in [2.05, 4.69) is 14.9 Å². The topological polar surface area (TPSA) is 88.0 Å². The van der Waals surface area contributed by atoms with Crippen molar-refractivity contribution in [3.63, 3.8) is 0 Å². The number of rotatable bonds is 6. The fourth-order valence-corrected chi connectivity index (χ4v) is 3.16. The van der Waals surface area contributed by atoms with E-state index in [9.17, 15) is 9.90 Å². The predicted octanol–water partition coefficient (Wildman–Crippen LogP) is 1.44. The molecule has 2 aromatic rings. The van der Waals surface area contributed by atoms with Crippen molar-refractivity contribution < 1.29 is 19.4 Å². The largest absolute Gasteiger partial charge is 0.481 e. The Morgan fingerprint density at radius 3 is 2.46 bits per heavy atom. The maximum absolute atomic E-state index is 12.0. The number of pyridine rings is 2. The van der Waals surface area contributed by atoms with Gasteiger partial charge in [0.15, 0.2) is 0 Å². The third-order valence-electron chi connectivity index (χ3n) is 4.45. The Labute approximate surface area is 152 Å². The number of aromatic nitrogens is 2. The minimum atomic E-state index is -0.929. The molecule has 2 aromatic heterocycles. The van der Waals surface area contributed by atoms with Gasteiger partial charge in [0.1, 0.15) is 11.9 Å². The van der Waals surface area contributed by atoms with Gasteiger partial charge in [-0.25, -0.2) is 4.98 Å². The zero-order valence-electron chi connectivity index (χ0n) is 14.8. The molecule has 1 N–H and O–H groups in total. The fraction of sp³-hybridized carbons (Fsp3) is 0.389. The van der Waals surface area contributed by atoms with E-state index in [4.69, 9.17) is 9.47 Å². The molecule has 0 amide bonds.